The fourth-order valence-corrected chi connectivity index (χ4v) is 3.97. The molecule has 0 aliphatic carbocycles. The molecule has 184 valence electrons. The Bertz CT molecular complexity index is 1200. The zero-order chi connectivity index (χ0) is 25.5. The summed E-state index contributed by atoms with van der Waals surface area (Å²) in [6.07, 6.45) is 2.90. The quantitative estimate of drug-likeness (QED) is 0.404. The topological polar surface area (TPSA) is 97.1 Å². The number of likely N-dealkylation sites (N-methyl/N-ethyl adjacent to an activating group) is 1. The van der Waals surface area contributed by atoms with Crippen molar-refractivity contribution in [3.8, 4) is 11.1 Å². The van der Waals surface area contributed by atoms with Crippen LogP contribution in [0.4, 0.5) is 13.2 Å². The summed E-state index contributed by atoms with van der Waals surface area (Å²) in [5.74, 6) is -3.47. The van der Waals surface area contributed by atoms with Gasteiger partial charge in [-0.1, -0.05) is 25.5 Å². The van der Waals surface area contributed by atoms with Crippen molar-refractivity contribution in [2.45, 2.75) is 38.3 Å². The summed E-state index contributed by atoms with van der Waals surface area (Å²) in [5.41, 5.74) is 6.68. The maximum Gasteiger partial charge on any atom is 0.251 e. The Morgan fingerprint density at radius 1 is 1.06 bits per heavy atom. The van der Waals surface area contributed by atoms with Crippen LogP contribution in [-0.2, 0) is 11.2 Å². The van der Waals surface area contributed by atoms with E-state index in [4.69, 9.17) is 5.73 Å². The molecule has 0 saturated carbocycles. The van der Waals surface area contributed by atoms with Gasteiger partial charge in [0.25, 0.3) is 5.91 Å². The monoisotopic (exact) mass is 484 g/mol. The molecule has 0 spiro atoms. The second-order valence-electron chi connectivity index (χ2n) is 8.17. The van der Waals surface area contributed by atoms with Crippen molar-refractivity contribution in [1.29, 1.82) is 0 Å². The van der Waals surface area contributed by atoms with E-state index in [2.05, 4.69) is 15.6 Å². The molecule has 3 rings (SSSR count). The molecule has 0 fully saturated rings. The standard InChI is InChI=1S/C26H27F3N4O2/c1-3-5-22(31-2)26(35)33-23(12-15-10-17(27)14-18(28)11-15)24-19(6-4-9-32-24)16-7-8-21(29)20(13-16)25(30)34/h4,6-11,13-14,22-23,31H,3,5,12H2,1-2H3,(H2,30,34)(H,33,35)/t22-,23-/m0/s1. The van der Waals surface area contributed by atoms with E-state index in [-0.39, 0.29) is 17.9 Å². The second-order valence-corrected chi connectivity index (χ2v) is 8.17. The van der Waals surface area contributed by atoms with Crippen molar-refractivity contribution < 1.29 is 22.8 Å². The number of aromatic nitrogens is 1. The maximum absolute atomic E-state index is 14.1. The molecule has 0 aliphatic rings. The van der Waals surface area contributed by atoms with Crippen LogP contribution in [0.2, 0.25) is 0 Å². The van der Waals surface area contributed by atoms with Crippen LogP contribution in [0.5, 0.6) is 0 Å². The number of nitrogens with two attached hydrogens (primary N) is 1. The lowest BCUT2D eigenvalue weighted by molar-refractivity contribution is -0.124. The SMILES string of the molecule is CCC[C@H](NC)C(=O)N[C@@H](Cc1cc(F)cc(F)c1)c1ncccc1-c1ccc(F)c(C(N)=O)c1. The highest BCUT2D eigenvalue weighted by atomic mass is 19.1. The third-order valence-electron chi connectivity index (χ3n) is 5.63. The highest BCUT2D eigenvalue weighted by molar-refractivity contribution is 5.94. The van der Waals surface area contributed by atoms with E-state index in [0.29, 0.717) is 28.8 Å². The Kier molecular flexibility index (Phi) is 8.59. The van der Waals surface area contributed by atoms with Crippen LogP contribution < -0.4 is 16.4 Å². The number of hydrogen-bond acceptors (Lipinski definition) is 4. The third-order valence-corrected chi connectivity index (χ3v) is 5.63. The lowest BCUT2D eigenvalue weighted by atomic mass is 9.94. The van der Waals surface area contributed by atoms with Crippen molar-refractivity contribution in [2.75, 3.05) is 7.05 Å². The number of carbonyl (C=O) groups is 2. The Morgan fingerprint density at radius 3 is 2.40 bits per heavy atom. The zero-order valence-corrected chi connectivity index (χ0v) is 19.4. The molecule has 0 radical (unpaired) electrons. The van der Waals surface area contributed by atoms with Crippen LogP contribution in [0.25, 0.3) is 11.1 Å². The molecule has 4 N–H and O–H groups in total. The van der Waals surface area contributed by atoms with Crippen LogP contribution in [0.15, 0.2) is 54.7 Å². The van der Waals surface area contributed by atoms with Crippen molar-refractivity contribution in [1.82, 2.24) is 15.6 Å². The van der Waals surface area contributed by atoms with Gasteiger partial charge >= 0.3 is 0 Å². The van der Waals surface area contributed by atoms with Gasteiger partial charge in [0.15, 0.2) is 0 Å². The molecular formula is C26H27F3N4O2. The van der Waals surface area contributed by atoms with Gasteiger partial charge in [0, 0.05) is 17.8 Å². The van der Waals surface area contributed by atoms with Crippen LogP contribution in [0.1, 0.15) is 47.4 Å². The molecule has 0 unspecified atom stereocenters. The summed E-state index contributed by atoms with van der Waals surface area (Å²) in [7, 11) is 1.67. The Morgan fingerprint density at radius 2 is 1.77 bits per heavy atom. The van der Waals surface area contributed by atoms with Gasteiger partial charge in [-0.3, -0.25) is 14.6 Å². The van der Waals surface area contributed by atoms with E-state index in [0.717, 1.165) is 18.6 Å². The zero-order valence-electron chi connectivity index (χ0n) is 19.4. The Labute approximate surface area is 201 Å². The van der Waals surface area contributed by atoms with Crippen LogP contribution in [0, 0.1) is 17.5 Å². The highest BCUT2D eigenvalue weighted by Gasteiger charge is 2.25. The minimum Gasteiger partial charge on any atom is -0.366 e. The van der Waals surface area contributed by atoms with E-state index in [1.54, 1.807) is 19.2 Å². The molecule has 9 heteroatoms. The molecule has 3 aromatic rings. The lowest BCUT2D eigenvalue weighted by Crippen LogP contribution is -2.44. The number of hydrogen-bond donors (Lipinski definition) is 3. The molecule has 1 aromatic heterocycles. The van der Waals surface area contributed by atoms with Gasteiger partial charge in [-0.15, -0.1) is 0 Å². The number of pyridine rings is 1. The second kappa shape index (κ2) is 11.6. The number of rotatable bonds is 10. The first kappa shape index (κ1) is 25.9. The van der Waals surface area contributed by atoms with Gasteiger partial charge in [0.2, 0.25) is 5.91 Å². The number of carbonyl (C=O) groups excluding carboxylic acids is 2. The molecular weight excluding hydrogens is 457 g/mol. The van der Waals surface area contributed by atoms with Gasteiger partial charge in [-0.25, -0.2) is 13.2 Å². The molecule has 6 nitrogen and oxygen atoms in total. The van der Waals surface area contributed by atoms with Gasteiger partial charge in [-0.2, -0.15) is 0 Å². The van der Waals surface area contributed by atoms with Crippen LogP contribution in [-0.4, -0.2) is 29.9 Å². The lowest BCUT2D eigenvalue weighted by Gasteiger charge is -2.24. The minimum atomic E-state index is -0.925. The molecule has 0 bridgehead atoms. The fraction of sp³-hybridized carbons (Fsp3) is 0.269. The van der Waals surface area contributed by atoms with Gasteiger partial charge in [-0.05, 0) is 61.3 Å². The fourth-order valence-electron chi connectivity index (χ4n) is 3.97. The van der Waals surface area contributed by atoms with Gasteiger partial charge < -0.3 is 16.4 Å². The smallest absolute Gasteiger partial charge is 0.251 e. The number of amides is 2. The van der Waals surface area contributed by atoms with E-state index in [1.807, 2.05) is 6.92 Å². The van der Waals surface area contributed by atoms with Crippen molar-refractivity contribution in [3.05, 3.63) is 89.0 Å². The highest BCUT2D eigenvalue weighted by Crippen LogP contribution is 2.30. The number of halogens is 3. The minimum absolute atomic E-state index is 0.0386. The molecule has 0 aliphatic heterocycles. The predicted molar refractivity (Wildman–Crippen MR) is 127 cm³/mol. The summed E-state index contributed by atoms with van der Waals surface area (Å²) < 4.78 is 41.9. The first-order valence-corrected chi connectivity index (χ1v) is 11.2. The Balaban J connectivity index is 2.09. The molecule has 1 heterocycles. The van der Waals surface area contributed by atoms with Crippen molar-refractivity contribution >= 4 is 11.8 Å². The predicted octanol–water partition coefficient (Wildman–Crippen LogP) is 4.05. The van der Waals surface area contributed by atoms with E-state index < -0.39 is 35.4 Å². The van der Waals surface area contributed by atoms with Gasteiger partial charge in [0.05, 0.1) is 23.3 Å². The van der Waals surface area contributed by atoms with Crippen molar-refractivity contribution in [2.24, 2.45) is 5.73 Å². The molecule has 35 heavy (non-hydrogen) atoms. The summed E-state index contributed by atoms with van der Waals surface area (Å²) in [6, 6.07) is 9.15. The Hall–Kier alpha value is -3.72. The van der Waals surface area contributed by atoms with E-state index in [1.165, 1.54) is 30.5 Å². The summed E-state index contributed by atoms with van der Waals surface area (Å²) in [4.78, 5) is 29.2. The maximum atomic E-state index is 14.1. The van der Waals surface area contributed by atoms with E-state index >= 15 is 0 Å². The first-order chi connectivity index (χ1) is 16.7. The van der Waals surface area contributed by atoms with Crippen LogP contribution >= 0.6 is 0 Å². The summed E-state index contributed by atoms with van der Waals surface area (Å²) in [5, 5.41) is 5.91. The molecule has 2 atom stereocenters. The number of nitrogens with one attached hydrogen (secondary N) is 2. The number of nitrogens with zero attached hydrogens (tertiary/aromatic N) is 1. The van der Waals surface area contributed by atoms with E-state index in [9.17, 15) is 22.8 Å². The average Bonchev–Trinajstić information content (AvgIpc) is 2.81. The number of primary amides is 1. The molecule has 2 amide bonds. The summed E-state index contributed by atoms with van der Waals surface area (Å²) in [6.45, 7) is 1.95. The molecule has 0 saturated heterocycles. The third kappa shape index (κ3) is 6.45. The largest absolute Gasteiger partial charge is 0.366 e. The first-order valence-electron chi connectivity index (χ1n) is 11.2. The average molecular weight is 485 g/mol. The van der Waals surface area contributed by atoms with Crippen molar-refractivity contribution in [3.63, 3.8) is 0 Å². The number of benzene rings is 2. The normalized spacial score (nSPS) is 12.7. The summed E-state index contributed by atoms with van der Waals surface area (Å²) >= 11 is 0. The van der Waals surface area contributed by atoms with Gasteiger partial charge in [0.1, 0.15) is 17.5 Å². The molecule has 2 aromatic carbocycles. The van der Waals surface area contributed by atoms with Crippen LogP contribution in [0.3, 0.4) is 0 Å².